The van der Waals surface area contributed by atoms with Gasteiger partial charge in [-0.1, -0.05) is 35.4 Å². The molecule has 0 amide bonds. The summed E-state index contributed by atoms with van der Waals surface area (Å²) in [5.74, 6) is 1.76. The van der Waals surface area contributed by atoms with Crippen LogP contribution in [0.5, 0.6) is 5.75 Å². The quantitative estimate of drug-likeness (QED) is 0.233. The number of hydrogen-bond acceptors (Lipinski definition) is 9. The lowest BCUT2D eigenvalue weighted by atomic mass is 10.2. The van der Waals surface area contributed by atoms with Crippen molar-refractivity contribution in [2.45, 2.75) is 30.3 Å². The van der Waals surface area contributed by atoms with E-state index in [-0.39, 0.29) is 0 Å². The average molecular weight is 501 g/mol. The molecular weight excluding hydrogens is 476 g/mol. The molecule has 0 aliphatic carbocycles. The minimum absolute atomic E-state index is 0.459. The first-order valence-corrected chi connectivity index (χ1v) is 12.8. The minimum Gasteiger partial charge on any atom is -0.494 e. The minimum atomic E-state index is 0.459. The molecule has 0 bridgehead atoms. The molecule has 9 heteroatoms. The third-order valence-electron chi connectivity index (χ3n) is 5.06. The Morgan fingerprint density at radius 1 is 0.771 bits per heavy atom. The zero-order valence-electron chi connectivity index (χ0n) is 19.6. The molecule has 0 aliphatic heterocycles. The number of rotatable bonds is 8. The van der Waals surface area contributed by atoms with Crippen LogP contribution in [0.15, 0.2) is 76.2 Å². The Balaban J connectivity index is 1.45. The van der Waals surface area contributed by atoms with Gasteiger partial charge in [-0.15, -0.1) is 11.3 Å². The van der Waals surface area contributed by atoms with Gasteiger partial charge in [-0.25, -0.2) is 4.98 Å². The zero-order chi connectivity index (χ0) is 24.2. The predicted molar refractivity (Wildman–Crippen MR) is 144 cm³/mol. The maximum absolute atomic E-state index is 5.62. The first kappa shape index (κ1) is 23.1. The molecule has 0 fully saturated rings. The van der Waals surface area contributed by atoms with Gasteiger partial charge in [-0.05, 0) is 75.0 Å². The Hall–Kier alpha value is -3.69. The Labute approximate surface area is 212 Å². The van der Waals surface area contributed by atoms with Gasteiger partial charge < -0.3 is 15.4 Å². The van der Waals surface area contributed by atoms with Crippen molar-refractivity contribution in [3.8, 4) is 5.75 Å². The molecule has 3 aromatic carbocycles. The fraction of sp³-hybridized carbons (Fsp3) is 0.154. The highest BCUT2D eigenvalue weighted by Gasteiger charge is 2.13. The van der Waals surface area contributed by atoms with E-state index in [4.69, 9.17) is 9.72 Å². The second kappa shape index (κ2) is 10.3. The van der Waals surface area contributed by atoms with E-state index in [1.165, 1.54) is 22.9 Å². The van der Waals surface area contributed by atoms with E-state index in [0.29, 0.717) is 23.7 Å². The van der Waals surface area contributed by atoms with E-state index in [0.717, 1.165) is 31.7 Å². The fourth-order valence-electron chi connectivity index (χ4n) is 3.31. The van der Waals surface area contributed by atoms with Crippen LogP contribution in [0, 0.1) is 13.8 Å². The molecule has 0 atom stereocenters. The topological polar surface area (TPSA) is 84.9 Å². The van der Waals surface area contributed by atoms with E-state index in [2.05, 4.69) is 39.4 Å². The summed E-state index contributed by atoms with van der Waals surface area (Å²) in [5, 5.41) is 7.13. The maximum Gasteiger partial charge on any atom is 0.233 e. The second-order valence-electron chi connectivity index (χ2n) is 7.89. The molecule has 2 aromatic heterocycles. The van der Waals surface area contributed by atoms with Gasteiger partial charge in [0.15, 0.2) is 4.34 Å². The van der Waals surface area contributed by atoms with E-state index < -0.39 is 0 Å². The van der Waals surface area contributed by atoms with Gasteiger partial charge in [0.2, 0.25) is 17.1 Å². The summed E-state index contributed by atoms with van der Waals surface area (Å²) in [6.45, 7) is 6.72. The van der Waals surface area contributed by atoms with Gasteiger partial charge in [0.05, 0.1) is 16.8 Å². The van der Waals surface area contributed by atoms with Gasteiger partial charge >= 0.3 is 0 Å². The molecule has 2 heterocycles. The van der Waals surface area contributed by atoms with Crippen LogP contribution in [0.2, 0.25) is 0 Å². The predicted octanol–water partition coefficient (Wildman–Crippen LogP) is 7.14. The Bertz CT molecular complexity index is 1390. The largest absolute Gasteiger partial charge is 0.494 e. The third kappa shape index (κ3) is 5.87. The van der Waals surface area contributed by atoms with E-state index in [1.807, 2.05) is 73.7 Å². The monoisotopic (exact) mass is 500 g/mol. The van der Waals surface area contributed by atoms with E-state index in [9.17, 15) is 0 Å². The number of nitrogens with zero attached hydrogens (tertiary/aromatic N) is 4. The highest BCUT2D eigenvalue weighted by molar-refractivity contribution is 8.01. The SMILES string of the molecule is CCOc1ccc2nc(Sc3nc(Nc4ccc(C)cc4)nc(Nc4ccc(C)cc4)n3)sc2c1. The van der Waals surface area contributed by atoms with Gasteiger partial charge in [-0.2, -0.15) is 15.0 Å². The fourth-order valence-corrected chi connectivity index (χ4v) is 5.26. The number of ether oxygens (including phenoxy) is 1. The van der Waals surface area contributed by atoms with Crippen molar-refractivity contribution < 1.29 is 4.74 Å². The van der Waals surface area contributed by atoms with Crippen molar-refractivity contribution in [1.29, 1.82) is 0 Å². The van der Waals surface area contributed by atoms with Crippen molar-refractivity contribution in [2.75, 3.05) is 17.2 Å². The van der Waals surface area contributed by atoms with Crippen LogP contribution < -0.4 is 15.4 Å². The summed E-state index contributed by atoms with van der Waals surface area (Å²) in [7, 11) is 0. The first-order chi connectivity index (χ1) is 17.0. The number of fused-ring (bicyclic) bond motifs is 1. The van der Waals surface area contributed by atoms with Gasteiger partial charge in [0.25, 0.3) is 0 Å². The zero-order valence-corrected chi connectivity index (χ0v) is 21.2. The maximum atomic E-state index is 5.62. The van der Waals surface area contributed by atoms with Crippen LogP contribution in [0.25, 0.3) is 10.2 Å². The van der Waals surface area contributed by atoms with Crippen LogP contribution in [0.3, 0.4) is 0 Å². The molecule has 5 aromatic rings. The van der Waals surface area contributed by atoms with Crippen molar-refractivity contribution in [2.24, 2.45) is 0 Å². The lowest BCUT2D eigenvalue weighted by Crippen LogP contribution is -2.05. The highest BCUT2D eigenvalue weighted by atomic mass is 32.2. The molecule has 2 N–H and O–H groups in total. The number of anilines is 4. The number of hydrogen-bond donors (Lipinski definition) is 2. The van der Waals surface area contributed by atoms with Crippen LogP contribution >= 0.6 is 23.1 Å². The molecule has 35 heavy (non-hydrogen) atoms. The average Bonchev–Trinajstić information content (AvgIpc) is 3.24. The van der Waals surface area contributed by atoms with Crippen molar-refractivity contribution in [3.05, 3.63) is 77.9 Å². The van der Waals surface area contributed by atoms with Crippen LogP contribution in [-0.2, 0) is 0 Å². The van der Waals surface area contributed by atoms with Gasteiger partial charge in [-0.3, -0.25) is 0 Å². The molecule has 176 valence electrons. The van der Waals surface area contributed by atoms with Crippen LogP contribution in [0.1, 0.15) is 18.1 Å². The smallest absolute Gasteiger partial charge is 0.233 e. The molecule has 7 nitrogen and oxygen atoms in total. The van der Waals surface area contributed by atoms with E-state index >= 15 is 0 Å². The Morgan fingerprint density at radius 3 is 1.94 bits per heavy atom. The van der Waals surface area contributed by atoms with Crippen molar-refractivity contribution in [3.63, 3.8) is 0 Å². The number of thiazole rings is 1. The molecule has 0 unspecified atom stereocenters. The second-order valence-corrected chi connectivity index (χ2v) is 10.1. The number of benzene rings is 3. The summed E-state index contributed by atoms with van der Waals surface area (Å²) in [5.41, 5.74) is 5.11. The van der Waals surface area contributed by atoms with Crippen LogP contribution in [0.4, 0.5) is 23.3 Å². The van der Waals surface area contributed by atoms with Gasteiger partial charge in [0, 0.05) is 11.4 Å². The molecule has 0 radical (unpaired) electrons. The molecule has 0 saturated heterocycles. The van der Waals surface area contributed by atoms with E-state index in [1.54, 1.807) is 11.3 Å². The van der Waals surface area contributed by atoms with Crippen molar-refractivity contribution in [1.82, 2.24) is 19.9 Å². The summed E-state index contributed by atoms with van der Waals surface area (Å²) < 4.78 is 7.53. The van der Waals surface area contributed by atoms with Crippen LogP contribution in [-0.4, -0.2) is 26.5 Å². The standard InChI is InChI=1S/C26H24N6OS2/c1-4-33-20-13-14-21-22(15-20)34-26(29-21)35-25-31-23(27-18-9-5-16(2)6-10-18)30-24(32-25)28-19-11-7-17(3)8-12-19/h5-15H,4H2,1-3H3,(H2,27,28,30,31,32). The molecule has 0 spiro atoms. The molecule has 0 saturated carbocycles. The molecular formula is C26H24N6OS2. The first-order valence-electron chi connectivity index (χ1n) is 11.2. The van der Waals surface area contributed by atoms with Gasteiger partial charge in [0.1, 0.15) is 5.75 Å². The van der Waals surface area contributed by atoms with Crippen molar-refractivity contribution >= 4 is 56.6 Å². The summed E-state index contributed by atoms with van der Waals surface area (Å²) in [4.78, 5) is 18.6. The summed E-state index contributed by atoms with van der Waals surface area (Å²) >= 11 is 3.00. The molecule has 5 rings (SSSR count). The lowest BCUT2D eigenvalue weighted by Gasteiger charge is -2.10. The highest BCUT2D eigenvalue weighted by Crippen LogP contribution is 2.35. The summed E-state index contributed by atoms with van der Waals surface area (Å²) in [6, 6.07) is 22.1. The Kier molecular flexibility index (Phi) is 6.78. The number of aryl methyl sites for hydroxylation is 2. The summed E-state index contributed by atoms with van der Waals surface area (Å²) in [6.07, 6.45) is 0. The molecule has 0 aliphatic rings. The number of nitrogens with one attached hydrogen (secondary N) is 2. The Morgan fingerprint density at radius 2 is 1.37 bits per heavy atom. The lowest BCUT2D eigenvalue weighted by molar-refractivity contribution is 0.341. The normalized spacial score (nSPS) is 10.9. The third-order valence-corrected chi connectivity index (χ3v) is 7.00. The number of aromatic nitrogens is 4.